The highest BCUT2D eigenvalue weighted by atomic mass is 127. The van der Waals surface area contributed by atoms with Crippen LogP contribution in [-0.4, -0.2) is 126 Å². The van der Waals surface area contributed by atoms with Crippen LogP contribution in [0, 0.1) is 29.1 Å². The highest BCUT2D eigenvalue weighted by Crippen LogP contribution is 2.33. The molecular weight excluding hydrogens is 1480 g/mol. The maximum Gasteiger partial charge on any atom is 0.326 e. The van der Waals surface area contributed by atoms with Gasteiger partial charge in [-0.15, -0.1) is 24.0 Å². The van der Waals surface area contributed by atoms with Crippen LogP contribution in [0.5, 0.6) is 0 Å². The van der Waals surface area contributed by atoms with E-state index in [-0.39, 0.29) is 86.3 Å². The third kappa shape index (κ3) is 19.9. The average molecular weight is 1540 g/mol. The molecule has 95 heavy (non-hydrogen) atoms. The van der Waals surface area contributed by atoms with Gasteiger partial charge in [-0.3, -0.25) is 28.7 Å². The van der Waals surface area contributed by atoms with Crippen molar-refractivity contribution >= 4 is 178 Å². The number of benzene rings is 5. The van der Waals surface area contributed by atoms with Gasteiger partial charge in [0.25, 0.3) is 0 Å². The van der Waals surface area contributed by atoms with Gasteiger partial charge in [0.15, 0.2) is 0 Å². The molecule has 0 fully saturated rings. The number of carboxylic acid groups (broad SMARTS) is 3. The summed E-state index contributed by atoms with van der Waals surface area (Å²) >= 11 is 29.1. The number of nitrogens with one attached hydrogen (secondary N) is 9. The molecule has 0 saturated carbocycles. The van der Waals surface area contributed by atoms with Crippen molar-refractivity contribution < 1.29 is 77.0 Å². The Morgan fingerprint density at radius 1 is 0.411 bits per heavy atom. The van der Waals surface area contributed by atoms with Gasteiger partial charge in [0, 0.05) is 107 Å². The fourth-order valence-electron chi connectivity index (χ4n) is 9.51. The molecule has 0 bridgehead atoms. The van der Waals surface area contributed by atoms with Gasteiger partial charge in [-0.25, -0.2) is 31.5 Å². The van der Waals surface area contributed by atoms with Crippen molar-refractivity contribution in [3.05, 3.63) is 174 Å². The summed E-state index contributed by atoms with van der Waals surface area (Å²) in [6.45, 7) is 2.49. The standard InChI is InChI=1S/2C13H12ClFN2O3.2C12H13ClFN3O.C11H10ClFN2O2.FH.HI.H2/c2*1-6(18)17-10(13(19)20)4-7-5-16-12-8(7)2-3-9(15)11(12)14;2*1-16-12(18)9(15)4-6-5-17-11-7(6)2-3-8(14)10(11)13;12-9-7(13)2-1-6-5(4-15-10(6)9)3-8(14)11(16)17;;;/h2*2-3,5,10,16H,4H2,1H3,(H,17,18)(H,19,20);2*2-3,5,9,17H,4,15H2,1H3,(H,16,18);1-2,4,8,15H,3,14H2,(H,16,17);3*1H/t10-;;2*9-;8-;;;/m0.101.../s1. The average Bonchev–Trinajstić information content (AvgIpc) is 1.68. The molecule has 18 N–H and O–H groups in total. The third-order valence-electron chi connectivity index (χ3n) is 14.2. The number of halogens is 12. The number of aromatic amines is 5. The number of amides is 4. The Kier molecular flexibility index (Phi) is 29.6. The number of carbonyl (C=O) groups excluding carboxylic acids is 4. The minimum atomic E-state index is -1.14. The lowest BCUT2D eigenvalue weighted by atomic mass is 10.0. The van der Waals surface area contributed by atoms with Crippen LogP contribution in [-0.2, 0) is 65.7 Å². The van der Waals surface area contributed by atoms with Gasteiger partial charge in [-0.1, -0.05) is 58.0 Å². The normalized spacial score (nSPS) is 12.3. The predicted octanol–water partition coefficient (Wildman–Crippen LogP) is 10.3. The van der Waals surface area contributed by atoms with Gasteiger partial charge in [-0.2, -0.15) is 0 Å². The molecule has 5 heterocycles. The second-order valence-electron chi connectivity index (χ2n) is 20.6. The van der Waals surface area contributed by atoms with Crippen LogP contribution in [0.1, 0.15) is 43.1 Å². The molecule has 34 heteroatoms. The van der Waals surface area contributed by atoms with Gasteiger partial charge >= 0.3 is 17.9 Å². The molecule has 5 atom stereocenters. The highest BCUT2D eigenvalue weighted by molar-refractivity contribution is 14.0. The van der Waals surface area contributed by atoms with E-state index in [1.54, 1.807) is 49.2 Å². The quantitative estimate of drug-likeness (QED) is 0.0298. The fourth-order valence-corrected chi connectivity index (χ4v) is 10.6. The SMILES string of the molecule is CC(=O)NC(Cc1c[nH]c2c(Cl)c(F)ccc12)C(=O)O.CC(=O)N[C@@H](Cc1c[nH]c2c(Cl)c(F)ccc12)C(=O)O.CNC(=O)[C@@H](N)Cc1c[nH]c2c(Cl)c(F)ccc12.CNC(=O)[C@H](N)Cc1c[nH]c2c(Cl)c(F)ccc12.F.I.N[C@H](Cc1c[nH]c2c(Cl)c(F)ccc12)C(=O)O.[HH]. The van der Waals surface area contributed by atoms with Crippen molar-refractivity contribution in [3.63, 3.8) is 0 Å². The number of carboxylic acids is 3. The van der Waals surface area contributed by atoms with E-state index in [9.17, 15) is 55.5 Å². The van der Waals surface area contributed by atoms with Gasteiger partial charge in [0.1, 0.15) is 72.3 Å². The summed E-state index contributed by atoms with van der Waals surface area (Å²) in [7, 11) is 3.06. The Labute approximate surface area is 578 Å². The molecular formula is C61H64Cl5F6IN12O10. The minimum Gasteiger partial charge on any atom is -0.480 e. The summed E-state index contributed by atoms with van der Waals surface area (Å²) in [6, 6.07) is 9.76. The zero-order chi connectivity index (χ0) is 68.9. The van der Waals surface area contributed by atoms with Crippen LogP contribution in [0.15, 0.2) is 91.6 Å². The number of fused-ring (bicyclic) bond motifs is 5. The second-order valence-corrected chi connectivity index (χ2v) is 22.5. The lowest BCUT2D eigenvalue weighted by molar-refractivity contribution is -0.141. The Morgan fingerprint density at radius 3 is 0.811 bits per heavy atom. The highest BCUT2D eigenvalue weighted by Gasteiger charge is 2.25. The number of aliphatic carboxylic acids is 3. The monoisotopic (exact) mass is 1540 g/mol. The first-order valence-corrected chi connectivity index (χ1v) is 29.4. The van der Waals surface area contributed by atoms with Gasteiger partial charge in [0.2, 0.25) is 23.6 Å². The lowest BCUT2D eigenvalue weighted by Crippen LogP contribution is -2.41. The molecule has 0 aliphatic carbocycles. The molecule has 0 saturated heterocycles. The number of hydrogen-bond donors (Lipinski definition) is 15. The summed E-state index contributed by atoms with van der Waals surface area (Å²) in [6.07, 6.45) is 9.16. The molecule has 0 radical (unpaired) electrons. The molecule has 22 nitrogen and oxygen atoms in total. The van der Waals surface area contributed by atoms with Crippen molar-refractivity contribution in [2.75, 3.05) is 14.1 Å². The van der Waals surface area contributed by atoms with E-state index in [2.05, 4.69) is 46.2 Å². The molecule has 0 aliphatic heterocycles. The molecule has 5 aromatic heterocycles. The van der Waals surface area contributed by atoms with Crippen LogP contribution in [0.25, 0.3) is 54.5 Å². The number of rotatable bonds is 17. The molecule has 5 aromatic carbocycles. The molecule has 10 rings (SSSR count). The maximum atomic E-state index is 13.3. The zero-order valence-electron chi connectivity index (χ0n) is 50.1. The molecule has 1 unspecified atom stereocenters. The van der Waals surface area contributed by atoms with Gasteiger partial charge < -0.3 is 78.7 Å². The van der Waals surface area contributed by atoms with Crippen molar-refractivity contribution in [1.29, 1.82) is 0 Å². The Bertz CT molecular complexity index is 4220. The van der Waals surface area contributed by atoms with E-state index in [0.29, 0.717) is 73.3 Å². The molecule has 0 spiro atoms. The summed E-state index contributed by atoms with van der Waals surface area (Å²) < 4.78 is 66.3. The smallest absolute Gasteiger partial charge is 0.326 e. The molecule has 10 aromatic rings. The van der Waals surface area contributed by atoms with Crippen molar-refractivity contribution in [2.45, 2.75) is 76.2 Å². The van der Waals surface area contributed by atoms with E-state index >= 15 is 0 Å². The van der Waals surface area contributed by atoms with E-state index in [1.165, 1.54) is 70.4 Å². The molecule has 4 amide bonds. The predicted molar refractivity (Wildman–Crippen MR) is 365 cm³/mol. The van der Waals surface area contributed by atoms with Crippen molar-refractivity contribution in [2.24, 2.45) is 17.2 Å². The third-order valence-corrected chi connectivity index (χ3v) is 16.0. The number of nitrogens with two attached hydrogens (primary N) is 3. The minimum absolute atomic E-state index is 0. The van der Waals surface area contributed by atoms with Crippen LogP contribution in [0.4, 0.5) is 26.7 Å². The van der Waals surface area contributed by atoms with Crippen molar-refractivity contribution in [3.8, 4) is 0 Å². The number of carbonyl (C=O) groups is 7. The van der Waals surface area contributed by atoms with E-state index in [4.69, 9.17) is 90.5 Å². The van der Waals surface area contributed by atoms with E-state index in [0.717, 1.165) is 21.9 Å². The number of H-pyrrole nitrogens is 5. The van der Waals surface area contributed by atoms with Gasteiger partial charge in [0.05, 0.1) is 39.7 Å². The fraction of sp³-hybridized carbons (Fsp3) is 0.230. The Morgan fingerprint density at radius 2 is 0.621 bits per heavy atom. The van der Waals surface area contributed by atoms with Crippen LogP contribution in [0.3, 0.4) is 0 Å². The Hall–Kier alpha value is -8.27. The number of likely N-dealkylation sites (N-methyl/N-ethyl adjacent to an activating group) is 2. The van der Waals surface area contributed by atoms with Crippen LogP contribution in [0.2, 0.25) is 25.1 Å². The molecule has 0 aliphatic rings. The zero-order valence-corrected chi connectivity index (χ0v) is 56.2. The summed E-state index contributed by atoms with van der Waals surface area (Å²) in [4.78, 5) is 91.9. The maximum absolute atomic E-state index is 13.3. The number of aromatic nitrogens is 5. The second kappa shape index (κ2) is 35.5. The number of hydrogen-bond acceptors (Lipinski definition) is 10. The summed E-state index contributed by atoms with van der Waals surface area (Å²) in [5, 5.41) is 40.1. The summed E-state index contributed by atoms with van der Waals surface area (Å²) in [5.41, 5.74) is 22.9. The largest absolute Gasteiger partial charge is 0.480 e. The van der Waals surface area contributed by atoms with Gasteiger partial charge in [-0.05, 0) is 101 Å². The van der Waals surface area contributed by atoms with E-state index < -0.39 is 89.0 Å². The molecule has 512 valence electrons. The topological polar surface area (TPSA) is 385 Å². The lowest BCUT2D eigenvalue weighted by Gasteiger charge is -2.12. The van der Waals surface area contributed by atoms with E-state index in [1.807, 2.05) is 0 Å². The first-order valence-electron chi connectivity index (χ1n) is 27.5. The first kappa shape index (κ1) is 79.2. The Balaban J connectivity index is 0.000000311. The van der Waals surface area contributed by atoms with Crippen LogP contribution >= 0.6 is 82.0 Å². The first-order chi connectivity index (χ1) is 43.9. The van der Waals surface area contributed by atoms with Crippen LogP contribution < -0.4 is 38.5 Å². The summed E-state index contributed by atoms with van der Waals surface area (Å²) in [5.74, 6) is -7.26. The van der Waals surface area contributed by atoms with Crippen molar-refractivity contribution in [1.82, 2.24) is 46.2 Å².